The van der Waals surface area contributed by atoms with E-state index in [-0.39, 0.29) is 22.8 Å². The molecule has 0 bridgehead atoms. The van der Waals surface area contributed by atoms with Crippen LogP contribution in [0.15, 0.2) is 29.2 Å². The minimum atomic E-state index is -3.24. The van der Waals surface area contributed by atoms with Gasteiger partial charge < -0.3 is 21.2 Å². The molecule has 0 aliphatic carbocycles. The fraction of sp³-hybridized carbons (Fsp3) is 0.125. The minimum Gasteiger partial charge on any atom is -0.434 e. The van der Waals surface area contributed by atoms with E-state index in [0.717, 1.165) is 18.3 Å². The number of aromatic nitrogens is 2. The molecular formula is C16H14F4N4O2. The van der Waals surface area contributed by atoms with E-state index in [1.54, 1.807) is 0 Å². The van der Waals surface area contributed by atoms with Crippen LogP contribution in [-0.4, -0.2) is 16.6 Å². The smallest absolute Gasteiger partial charge is 0.387 e. The lowest BCUT2D eigenvalue weighted by molar-refractivity contribution is -0.0519. The zero-order valence-electron chi connectivity index (χ0n) is 13.1. The van der Waals surface area contributed by atoms with Gasteiger partial charge in [0.2, 0.25) is 0 Å². The van der Waals surface area contributed by atoms with Gasteiger partial charge in [0.1, 0.15) is 17.4 Å². The van der Waals surface area contributed by atoms with Crippen molar-refractivity contribution in [3.05, 3.63) is 57.3 Å². The molecule has 0 aliphatic rings. The Kier molecular flexibility index (Phi) is 5.99. The van der Waals surface area contributed by atoms with Crippen molar-refractivity contribution in [1.82, 2.24) is 9.97 Å². The van der Waals surface area contributed by atoms with Gasteiger partial charge in [0.15, 0.2) is 0 Å². The van der Waals surface area contributed by atoms with Gasteiger partial charge in [-0.05, 0) is 36.0 Å². The highest BCUT2D eigenvalue weighted by atomic mass is 19.3. The third kappa shape index (κ3) is 4.62. The van der Waals surface area contributed by atoms with Gasteiger partial charge in [-0.15, -0.1) is 0 Å². The molecule has 6 nitrogen and oxygen atoms in total. The molecule has 1 aromatic heterocycles. The number of H-pyrrole nitrogens is 1. The number of nitrogens with two attached hydrogens (primary N) is 2. The van der Waals surface area contributed by atoms with E-state index in [9.17, 15) is 22.4 Å². The third-order valence-electron chi connectivity index (χ3n) is 3.19. The van der Waals surface area contributed by atoms with Crippen LogP contribution in [0.25, 0.3) is 18.2 Å². The monoisotopic (exact) mass is 370 g/mol. The van der Waals surface area contributed by atoms with Crippen LogP contribution in [0, 0.1) is 0 Å². The molecule has 1 heterocycles. The molecule has 0 saturated carbocycles. The highest BCUT2D eigenvalue weighted by molar-refractivity contribution is 5.69. The van der Waals surface area contributed by atoms with Gasteiger partial charge in [0, 0.05) is 0 Å². The highest BCUT2D eigenvalue weighted by Crippen LogP contribution is 2.31. The number of nitrogen functional groups attached to an aromatic ring is 1. The molecule has 138 valence electrons. The van der Waals surface area contributed by atoms with Crippen molar-refractivity contribution in [2.45, 2.75) is 13.0 Å². The van der Waals surface area contributed by atoms with Crippen molar-refractivity contribution in [1.29, 1.82) is 0 Å². The van der Waals surface area contributed by atoms with Crippen LogP contribution in [0.1, 0.15) is 28.9 Å². The maximum atomic E-state index is 12.8. The van der Waals surface area contributed by atoms with E-state index in [2.05, 4.69) is 14.7 Å². The Morgan fingerprint density at radius 3 is 2.46 bits per heavy atom. The van der Waals surface area contributed by atoms with Crippen molar-refractivity contribution in [2.75, 3.05) is 5.73 Å². The minimum absolute atomic E-state index is 0.0649. The van der Waals surface area contributed by atoms with Crippen LogP contribution in [0.2, 0.25) is 0 Å². The summed E-state index contributed by atoms with van der Waals surface area (Å²) in [5.41, 5.74) is 10.0. The number of hydrogen-bond donors (Lipinski definition) is 3. The zero-order chi connectivity index (χ0) is 19.3. The predicted octanol–water partition coefficient (Wildman–Crippen LogP) is 2.99. The molecule has 10 heteroatoms. The zero-order valence-corrected chi connectivity index (χ0v) is 13.1. The summed E-state index contributed by atoms with van der Waals surface area (Å²) in [6.45, 7) is -3.24. The number of ether oxygens (including phenoxy) is 1. The molecule has 0 aliphatic heterocycles. The number of nitrogens with one attached hydrogen (secondary N) is 1. The normalized spacial score (nSPS) is 11.9. The molecular weight excluding hydrogens is 356 g/mol. The molecule has 0 unspecified atom stereocenters. The Bertz CT molecular complexity index is 894. The molecule has 26 heavy (non-hydrogen) atoms. The second-order valence-corrected chi connectivity index (χ2v) is 4.92. The molecule has 0 saturated heterocycles. The van der Waals surface area contributed by atoms with Gasteiger partial charge in [-0.1, -0.05) is 12.1 Å². The van der Waals surface area contributed by atoms with Crippen LogP contribution >= 0.6 is 0 Å². The Balaban J connectivity index is 2.34. The van der Waals surface area contributed by atoms with Crippen molar-refractivity contribution < 1.29 is 22.3 Å². The summed E-state index contributed by atoms with van der Waals surface area (Å²) in [6.07, 6.45) is 2.14. The summed E-state index contributed by atoms with van der Waals surface area (Å²) in [7, 11) is 0. The lowest BCUT2D eigenvalue weighted by atomic mass is 10.1. The van der Waals surface area contributed by atoms with Crippen molar-refractivity contribution in [3.63, 3.8) is 0 Å². The van der Waals surface area contributed by atoms with E-state index >= 15 is 0 Å². The lowest BCUT2D eigenvalue weighted by Crippen LogP contribution is -2.16. The van der Waals surface area contributed by atoms with Crippen LogP contribution in [0.5, 0.6) is 5.75 Å². The first-order valence-electron chi connectivity index (χ1n) is 7.15. The van der Waals surface area contributed by atoms with Crippen LogP contribution < -0.4 is 21.8 Å². The number of aromatic amines is 1. The molecule has 2 aromatic rings. The average molecular weight is 370 g/mol. The summed E-state index contributed by atoms with van der Waals surface area (Å²) in [5, 5.41) is 0. The Morgan fingerprint density at radius 2 is 1.88 bits per heavy atom. The number of anilines is 1. The maximum absolute atomic E-state index is 12.8. The van der Waals surface area contributed by atoms with E-state index in [0.29, 0.717) is 0 Å². The third-order valence-corrected chi connectivity index (χ3v) is 3.19. The van der Waals surface area contributed by atoms with Gasteiger partial charge in [0.05, 0.1) is 11.1 Å². The quantitative estimate of drug-likeness (QED) is 0.678. The van der Waals surface area contributed by atoms with Gasteiger partial charge >= 0.3 is 6.61 Å². The van der Waals surface area contributed by atoms with E-state index in [1.807, 2.05) is 0 Å². The van der Waals surface area contributed by atoms with Crippen LogP contribution in [0.3, 0.4) is 0 Å². The molecule has 0 amide bonds. The number of hydrogen-bond acceptors (Lipinski definition) is 5. The fourth-order valence-corrected chi connectivity index (χ4v) is 2.06. The number of nitrogens with zero attached hydrogens (tertiary/aromatic N) is 1. The Labute approximate surface area is 144 Å². The Morgan fingerprint density at radius 1 is 1.15 bits per heavy atom. The van der Waals surface area contributed by atoms with E-state index in [4.69, 9.17) is 11.5 Å². The summed E-state index contributed by atoms with van der Waals surface area (Å²) in [5.74, 6) is -0.623. The molecule has 0 atom stereocenters. The summed E-state index contributed by atoms with van der Waals surface area (Å²) in [6, 6.07) is 3.28. The SMILES string of the molecule is N/C=C\c1c(N)nc(/C=C/c2ccc(C(F)F)c(OC(F)F)c2)[nH]c1=O. The summed E-state index contributed by atoms with van der Waals surface area (Å²) < 4.78 is 54.5. The predicted molar refractivity (Wildman–Crippen MR) is 89.5 cm³/mol. The molecule has 5 N–H and O–H groups in total. The van der Waals surface area contributed by atoms with E-state index in [1.165, 1.54) is 24.3 Å². The average Bonchev–Trinajstić information content (AvgIpc) is 2.55. The molecule has 1 aromatic carbocycles. The molecule has 0 fully saturated rings. The molecule has 2 rings (SSSR count). The molecule has 0 spiro atoms. The molecule has 0 radical (unpaired) electrons. The lowest BCUT2D eigenvalue weighted by Gasteiger charge is -2.10. The largest absolute Gasteiger partial charge is 0.434 e. The highest BCUT2D eigenvalue weighted by Gasteiger charge is 2.17. The Hall–Kier alpha value is -3.30. The first-order valence-corrected chi connectivity index (χ1v) is 7.15. The number of halogens is 4. The first kappa shape index (κ1) is 19.0. The van der Waals surface area contributed by atoms with Crippen LogP contribution in [-0.2, 0) is 0 Å². The number of benzene rings is 1. The van der Waals surface area contributed by atoms with Gasteiger partial charge in [0.25, 0.3) is 12.0 Å². The second kappa shape index (κ2) is 8.19. The summed E-state index contributed by atoms with van der Waals surface area (Å²) in [4.78, 5) is 18.2. The number of alkyl halides is 4. The maximum Gasteiger partial charge on any atom is 0.387 e. The van der Waals surface area contributed by atoms with Crippen LogP contribution in [0.4, 0.5) is 23.4 Å². The van der Waals surface area contributed by atoms with E-state index < -0.39 is 29.9 Å². The second-order valence-electron chi connectivity index (χ2n) is 4.92. The van der Waals surface area contributed by atoms with Crippen molar-refractivity contribution in [3.8, 4) is 5.75 Å². The van der Waals surface area contributed by atoms with Gasteiger partial charge in [-0.25, -0.2) is 13.8 Å². The standard InChI is InChI=1S/C16H14F4N4O2/c17-13(18)9-3-1-8(7-11(9)26-16(19)20)2-4-12-23-14(22)10(5-6-21)15(25)24-12/h1-7,13,16H,21H2,(H3,22,23,24,25)/b4-2+,6-5-. The number of rotatable bonds is 6. The van der Waals surface area contributed by atoms with Crippen molar-refractivity contribution >= 4 is 24.0 Å². The first-order chi connectivity index (χ1) is 12.3. The fourth-order valence-electron chi connectivity index (χ4n) is 2.06. The van der Waals surface area contributed by atoms with Gasteiger partial charge in [-0.2, -0.15) is 8.78 Å². The topological polar surface area (TPSA) is 107 Å². The van der Waals surface area contributed by atoms with Gasteiger partial charge in [-0.3, -0.25) is 4.79 Å². The summed E-state index contributed by atoms with van der Waals surface area (Å²) >= 11 is 0. The van der Waals surface area contributed by atoms with Crippen molar-refractivity contribution in [2.24, 2.45) is 5.73 Å².